The van der Waals surface area contributed by atoms with Crippen molar-refractivity contribution in [1.29, 1.82) is 0 Å². The van der Waals surface area contributed by atoms with Gasteiger partial charge in [-0.25, -0.2) is 0 Å². The van der Waals surface area contributed by atoms with Crippen molar-refractivity contribution in [3.8, 4) is 33.8 Å². The summed E-state index contributed by atoms with van der Waals surface area (Å²) in [7, 11) is 0. The molecule has 0 aromatic heterocycles. The summed E-state index contributed by atoms with van der Waals surface area (Å²) >= 11 is 3.68. The molecule has 3 nitrogen and oxygen atoms in total. The molecule has 4 heteroatoms. The zero-order valence-electron chi connectivity index (χ0n) is 25.8. The van der Waals surface area contributed by atoms with Gasteiger partial charge in [-0.2, -0.15) is 0 Å². The summed E-state index contributed by atoms with van der Waals surface area (Å²) in [5.41, 5.74) is 9.95. The second-order valence-corrected chi connectivity index (χ2v) is 13.0. The van der Waals surface area contributed by atoms with Crippen LogP contribution in [0.1, 0.15) is 32.6 Å². The number of anilines is 2. The minimum atomic E-state index is -0.795. The summed E-state index contributed by atoms with van der Waals surface area (Å²) < 4.78 is 7.39. The molecule has 0 unspecified atom stereocenters. The van der Waals surface area contributed by atoms with E-state index in [2.05, 4.69) is 125 Å². The first-order valence-electron chi connectivity index (χ1n) is 16.0. The van der Waals surface area contributed by atoms with Crippen molar-refractivity contribution >= 4 is 33.2 Å². The molecule has 0 aliphatic carbocycles. The summed E-state index contributed by atoms with van der Waals surface area (Å²) in [5, 5.41) is 0. The fourth-order valence-electron chi connectivity index (χ4n) is 7.51. The Morgan fingerprint density at radius 1 is 0.479 bits per heavy atom. The van der Waals surface area contributed by atoms with Crippen LogP contribution >= 0.6 is 15.9 Å². The number of ether oxygens (including phenoxy) is 1. The average molecular weight is 683 g/mol. The lowest BCUT2D eigenvalue weighted by atomic mass is 9.60. The number of rotatable bonds is 3. The molecular formula is C44H28BrNO2. The van der Waals surface area contributed by atoms with Crippen LogP contribution in [0.25, 0.3) is 22.3 Å². The standard InChI is InChI=1S/C44H28BrNO2/c45-38-20-10-7-17-33(38)43(47)46-39-25-23-31(29-13-3-1-4-14-29)27-36(39)44(37-28-32(24-26-40(37)46)30-15-5-2-6-16-30)34-18-8-11-21-41(34)48-42-22-12-9-19-35(42)44/h1-28H. The number of fused-ring (bicyclic) bond motifs is 8. The van der Waals surface area contributed by atoms with Crippen molar-refractivity contribution in [3.05, 3.63) is 202 Å². The molecule has 0 saturated carbocycles. The Hall–Kier alpha value is -5.71. The maximum atomic E-state index is 14.9. The molecule has 2 heterocycles. The highest BCUT2D eigenvalue weighted by molar-refractivity contribution is 9.10. The second-order valence-electron chi connectivity index (χ2n) is 12.2. The molecule has 1 spiro atoms. The number of para-hydroxylation sites is 2. The van der Waals surface area contributed by atoms with Gasteiger partial charge in [-0.15, -0.1) is 0 Å². The lowest BCUT2D eigenvalue weighted by molar-refractivity contribution is 0.0997. The molecule has 48 heavy (non-hydrogen) atoms. The van der Waals surface area contributed by atoms with E-state index in [1.54, 1.807) is 0 Å². The van der Waals surface area contributed by atoms with Gasteiger partial charge < -0.3 is 4.74 Å². The Morgan fingerprint density at radius 3 is 1.46 bits per heavy atom. The third kappa shape index (κ3) is 4.23. The fourth-order valence-corrected chi connectivity index (χ4v) is 7.96. The molecule has 7 aromatic carbocycles. The third-order valence-electron chi connectivity index (χ3n) is 9.61. The van der Waals surface area contributed by atoms with Crippen LogP contribution < -0.4 is 9.64 Å². The van der Waals surface area contributed by atoms with Gasteiger partial charge in [-0.05, 0) is 97.8 Å². The molecule has 0 saturated heterocycles. The van der Waals surface area contributed by atoms with E-state index in [1.807, 2.05) is 65.6 Å². The normalized spacial score (nSPS) is 13.5. The van der Waals surface area contributed by atoms with Gasteiger partial charge >= 0.3 is 0 Å². The molecule has 0 bridgehead atoms. The first-order chi connectivity index (χ1) is 23.6. The Morgan fingerprint density at radius 2 is 0.938 bits per heavy atom. The van der Waals surface area contributed by atoms with Gasteiger partial charge in [0.2, 0.25) is 0 Å². The van der Waals surface area contributed by atoms with E-state index in [4.69, 9.17) is 4.74 Å². The minimum absolute atomic E-state index is 0.103. The number of benzene rings is 7. The van der Waals surface area contributed by atoms with E-state index in [0.29, 0.717) is 5.56 Å². The van der Waals surface area contributed by atoms with E-state index in [0.717, 1.165) is 71.9 Å². The number of halogens is 1. The van der Waals surface area contributed by atoms with Crippen LogP contribution in [0.5, 0.6) is 11.5 Å². The number of carbonyl (C=O) groups is 1. The molecule has 0 N–H and O–H groups in total. The largest absolute Gasteiger partial charge is 0.457 e. The Bertz CT molecular complexity index is 2230. The molecule has 7 aromatic rings. The highest BCUT2D eigenvalue weighted by Gasteiger charge is 2.52. The van der Waals surface area contributed by atoms with Crippen molar-refractivity contribution in [2.75, 3.05) is 4.90 Å². The predicted octanol–water partition coefficient (Wildman–Crippen LogP) is 11.6. The number of nitrogens with zero attached hydrogens (tertiary/aromatic N) is 1. The molecule has 0 fully saturated rings. The van der Waals surface area contributed by atoms with Gasteiger partial charge in [0, 0.05) is 15.6 Å². The highest BCUT2D eigenvalue weighted by atomic mass is 79.9. The number of carbonyl (C=O) groups excluding carboxylic acids is 1. The highest BCUT2D eigenvalue weighted by Crippen LogP contribution is 2.62. The van der Waals surface area contributed by atoms with Crippen LogP contribution in [0.4, 0.5) is 11.4 Å². The molecule has 0 atom stereocenters. The molecule has 9 rings (SSSR count). The summed E-state index contributed by atoms with van der Waals surface area (Å²) in [6.45, 7) is 0. The van der Waals surface area contributed by atoms with Crippen LogP contribution in [0.3, 0.4) is 0 Å². The predicted molar refractivity (Wildman–Crippen MR) is 196 cm³/mol. The Labute approximate surface area is 287 Å². The molecule has 0 radical (unpaired) electrons. The van der Waals surface area contributed by atoms with Gasteiger partial charge in [0.25, 0.3) is 5.91 Å². The van der Waals surface area contributed by atoms with Gasteiger partial charge in [0.15, 0.2) is 0 Å². The van der Waals surface area contributed by atoms with Gasteiger partial charge in [0.05, 0.1) is 22.4 Å². The number of amides is 1. The fraction of sp³-hybridized carbons (Fsp3) is 0.0227. The zero-order valence-corrected chi connectivity index (χ0v) is 27.4. The van der Waals surface area contributed by atoms with Crippen molar-refractivity contribution in [3.63, 3.8) is 0 Å². The molecule has 2 aliphatic rings. The number of hydrogen-bond donors (Lipinski definition) is 0. The summed E-state index contributed by atoms with van der Waals surface area (Å²) in [5.74, 6) is 1.50. The van der Waals surface area contributed by atoms with Gasteiger partial charge in [-0.3, -0.25) is 9.69 Å². The Balaban J connectivity index is 1.44. The monoisotopic (exact) mass is 681 g/mol. The first kappa shape index (κ1) is 28.5. The summed E-state index contributed by atoms with van der Waals surface area (Å²) in [4.78, 5) is 16.8. The Kier molecular flexibility index (Phi) is 6.66. The third-order valence-corrected chi connectivity index (χ3v) is 10.3. The van der Waals surface area contributed by atoms with Gasteiger partial charge in [-0.1, -0.05) is 121 Å². The second kappa shape index (κ2) is 11.2. The summed E-state index contributed by atoms with van der Waals surface area (Å²) in [6.07, 6.45) is 0. The number of hydrogen-bond acceptors (Lipinski definition) is 2. The van der Waals surface area contributed by atoms with Crippen LogP contribution in [0.15, 0.2) is 174 Å². The quantitative estimate of drug-likeness (QED) is 0.186. The first-order valence-corrected chi connectivity index (χ1v) is 16.8. The van der Waals surface area contributed by atoms with Crippen molar-refractivity contribution in [2.45, 2.75) is 5.41 Å². The average Bonchev–Trinajstić information content (AvgIpc) is 3.15. The van der Waals surface area contributed by atoms with Crippen LogP contribution in [0, 0.1) is 0 Å². The van der Waals surface area contributed by atoms with Gasteiger partial charge in [0.1, 0.15) is 11.5 Å². The molecule has 2 aliphatic heterocycles. The smallest absolute Gasteiger partial charge is 0.263 e. The van der Waals surface area contributed by atoms with E-state index in [9.17, 15) is 4.79 Å². The van der Waals surface area contributed by atoms with Crippen molar-refractivity contribution in [1.82, 2.24) is 0 Å². The topological polar surface area (TPSA) is 29.5 Å². The van der Waals surface area contributed by atoms with Crippen molar-refractivity contribution < 1.29 is 9.53 Å². The lowest BCUT2D eigenvalue weighted by Crippen LogP contribution is -2.42. The SMILES string of the molecule is O=C(c1ccccc1Br)N1c2ccc(-c3ccccc3)cc2C2(c3ccccc3Oc3ccccc32)c2cc(-c3ccccc3)ccc21. The van der Waals surface area contributed by atoms with Crippen LogP contribution in [0.2, 0.25) is 0 Å². The molecule has 1 amide bonds. The molecular weight excluding hydrogens is 654 g/mol. The lowest BCUT2D eigenvalue weighted by Gasteiger charge is -2.48. The van der Waals surface area contributed by atoms with Crippen molar-refractivity contribution in [2.24, 2.45) is 0 Å². The van der Waals surface area contributed by atoms with Crippen LogP contribution in [-0.4, -0.2) is 5.91 Å². The maximum Gasteiger partial charge on any atom is 0.263 e. The van der Waals surface area contributed by atoms with E-state index in [-0.39, 0.29) is 5.91 Å². The molecule has 228 valence electrons. The maximum absolute atomic E-state index is 14.9. The minimum Gasteiger partial charge on any atom is -0.457 e. The zero-order chi connectivity index (χ0) is 32.2. The van der Waals surface area contributed by atoms with E-state index >= 15 is 0 Å². The summed E-state index contributed by atoms with van der Waals surface area (Å²) in [6, 6.07) is 58.2. The van der Waals surface area contributed by atoms with E-state index < -0.39 is 5.41 Å². The van der Waals surface area contributed by atoms with Crippen LogP contribution in [-0.2, 0) is 5.41 Å². The van der Waals surface area contributed by atoms with E-state index in [1.165, 1.54) is 0 Å².